The fraction of sp³-hybridized carbons (Fsp3) is 0.462. The molecule has 7 nitrogen and oxygen atoms in total. The summed E-state index contributed by atoms with van der Waals surface area (Å²) >= 11 is 1.38. The fourth-order valence-corrected chi connectivity index (χ4v) is 5.59. The van der Waals surface area contributed by atoms with Crippen molar-refractivity contribution < 1.29 is 4.79 Å². The van der Waals surface area contributed by atoms with Crippen LogP contribution < -0.4 is 5.32 Å². The summed E-state index contributed by atoms with van der Waals surface area (Å²) in [6.07, 6.45) is 5.47. The van der Waals surface area contributed by atoms with Crippen LogP contribution in [0.5, 0.6) is 0 Å². The third-order valence-corrected chi connectivity index (χ3v) is 7.56. The summed E-state index contributed by atoms with van der Waals surface area (Å²) in [5, 5.41) is 22.4. The Bertz CT molecular complexity index is 1230. The van der Waals surface area contributed by atoms with Gasteiger partial charge in [-0.25, -0.2) is 0 Å². The highest BCUT2D eigenvalue weighted by Crippen LogP contribution is 2.38. The number of aryl methyl sites for hydroxylation is 1. The van der Waals surface area contributed by atoms with Crippen molar-refractivity contribution >= 4 is 23.5 Å². The van der Waals surface area contributed by atoms with E-state index in [0.29, 0.717) is 17.4 Å². The molecule has 0 saturated heterocycles. The molecule has 0 atom stereocenters. The second kappa shape index (κ2) is 10.5. The molecule has 1 aliphatic rings. The molecule has 0 spiro atoms. The van der Waals surface area contributed by atoms with Gasteiger partial charge in [0.15, 0.2) is 11.0 Å². The number of carbonyl (C=O) groups is 1. The predicted molar refractivity (Wildman–Crippen MR) is 136 cm³/mol. The van der Waals surface area contributed by atoms with Gasteiger partial charge in [0.2, 0.25) is 5.91 Å². The Labute approximate surface area is 205 Å². The average molecular weight is 477 g/mol. The Morgan fingerprint density at radius 1 is 1.24 bits per heavy atom. The largest absolute Gasteiger partial charge is 0.327 e. The molecule has 4 rings (SSSR count). The van der Waals surface area contributed by atoms with Crippen LogP contribution in [0.25, 0.3) is 11.4 Å². The van der Waals surface area contributed by atoms with Gasteiger partial charge in [-0.2, -0.15) is 5.26 Å². The van der Waals surface area contributed by atoms with Crippen LogP contribution in [0.4, 0.5) is 5.82 Å². The summed E-state index contributed by atoms with van der Waals surface area (Å²) < 4.78 is 4.27. The van der Waals surface area contributed by atoms with E-state index in [1.807, 2.05) is 26.0 Å². The maximum atomic E-state index is 13.0. The van der Waals surface area contributed by atoms with Crippen molar-refractivity contribution in [3.8, 4) is 17.5 Å². The highest BCUT2D eigenvalue weighted by molar-refractivity contribution is 7.99. The smallest absolute Gasteiger partial charge is 0.235 e. The van der Waals surface area contributed by atoms with E-state index in [-0.39, 0.29) is 11.7 Å². The lowest BCUT2D eigenvalue weighted by atomic mass is 10.1. The highest BCUT2D eigenvalue weighted by atomic mass is 32.2. The molecule has 34 heavy (non-hydrogen) atoms. The first-order chi connectivity index (χ1) is 16.4. The van der Waals surface area contributed by atoms with Gasteiger partial charge in [-0.1, -0.05) is 55.3 Å². The van der Waals surface area contributed by atoms with Gasteiger partial charge >= 0.3 is 0 Å². The quantitative estimate of drug-likeness (QED) is 0.415. The van der Waals surface area contributed by atoms with E-state index in [0.717, 1.165) is 53.6 Å². The third-order valence-electron chi connectivity index (χ3n) is 6.59. The van der Waals surface area contributed by atoms with Gasteiger partial charge < -0.3 is 14.5 Å². The van der Waals surface area contributed by atoms with Crippen molar-refractivity contribution in [1.82, 2.24) is 19.3 Å². The molecule has 1 N–H and O–H groups in total. The molecular formula is C26H32N6OS. The molecular weight excluding hydrogens is 444 g/mol. The second-order valence-corrected chi connectivity index (χ2v) is 9.96. The van der Waals surface area contributed by atoms with E-state index in [1.165, 1.54) is 30.2 Å². The number of hydrogen-bond acceptors (Lipinski definition) is 5. The summed E-state index contributed by atoms with van der Waals surface area (Å²) in [7, 11) is 0. The molecule has 1 aromatic carbocycles. The number of nitrogens with one attached hydrogen (secondary N) is 1. The number of benzene rings is 1. The standard InChI is InChI=1S/C26H32N6OS/c1-5-13-31-24(20-10-8-9-17(2)14-20)29-30-26(31)34-16-23(33)28-25-22(15-27)18(3)19(4)32(25)21-11-6-7-12-21/h8-10,14,21H,5-7,11-13,16H2,1-4H3,(H,28,33). The molecule has 0 radical (unpaired) electrons. The Hall–Kier alpha value is -3.05. The Kier molecular flexibility index (Phi) is 7.42. The van der Waals surface area contributed by atoms with Crippen LogP contribution in [-0.2, 0) is 11.3 Å². The molecule has 1 aliphatic carbocycles. The first-order valence-electron chi connectivity index (χ1n) is 12.0. The van der Waals surface area contributed by atoms with Crippen LogP contribution in [0, 0.1) is 32.1 Å². The molecule has 2 aromatic heterocycles. The lowest BCUT2D eigenvalue weighted by molar-refractivity contribution is -0.113. The number of hydrogen-bond donors (Lipinski definition) is 1. The number of rotatable bonds is 8. The van der Waals surface area contributed by atoms with Crippen molar-refractivity contribution in [3.05, 3.63) is 46.6 Å². The molecule has 8 heteroatoms. The van der Waals surface area contributed by atoms with Crippen LogP contribution in [0.3, 0.4) is 0 Å². The summed E-state index contributed by atoms with van der Waals surface area (Å²) in [4.78, 5) is 13.0. The maximum Gasteiger partial charge on any atom is 0.235 e. The molecule has 3 aromatic rings. The number of thioether (sulfide) groups is 1. The Balaban J connectivity index is 1.53. The minimum atomic E-state index is -0.138. The van der Waals surface area contributed by atoms with Gasteiger partial charge in [0.1, 0.15) is 11.9 Å². The van der Waals surface area contributed by atoms with E-state index in [1.54, 1.807) is 0 Å². The van der Waals surface area contributed by atoms with Gasteiger partial charge in [-0.05, 0) is 51.7 Å². The average Bonchev–Trinajstić information content (AvgIpc) is 3.53. The van der Waals surface area contributed by atoms with Crippen LogP contribution in [0.1, 0.15) is 67.5 Å². The number of anilines is 1. The lowest BCUT2D eigenvalue weighted by Gasteiger charge is -2.19. The molecule has 1 fully saturated rings. The summed E-state index contributed by atoms with van der Waals surface area (Å²) in [5.74, 6) is 1.53. The molecule has 1 saturated carbocycles. The summed E-state index contributed by atoms with van der Waals surface area (Å²) in [6.45, 7) is 8.96. The molecule has 1 amide bonds. The van der Waals surface area contributed by atoms with Gasteiger partial charge in [-0.15, -0.1) is 10.2 Å². The van der Waals surface area contributed by atoms with Gasteiger partial charge in [0, 0.05) is 23.8 Å². The molecule has 0 unspecified atom stereocenters. The van der Waals surface area contributed by atoms with Gasteiger partial charge in [0.25, 0.3) is 0 Å². The topological polar surface area (TPSA) is 88.5 Å². The second-order valence-electron chi connectivity index (χ2n) is 9.02. The lowest BCUT2D eigenvalue weighted by Crippen LogP contribution is -2.20. The fourth-order valence-electron chi connectivity index (χ4n) is 4.82. The molecule has 2 heterocycles. The monoisotopic (exact) mass is 476 g/mol. The third kappa shape index (κ3) is 4.76. The normalized spacial score (nSPS) is 13.9. The Morgan fingerprint density at radius 3 is 2.68 bits per heavy atom. The van der Waals surface area contributed by atoms with Gasteiger partial charge in [0.05, 0.1) is 11.3 Å². The Morgan fingerprint density at radius 2 is 2.00 bits per heavy atom. The summed E-state index contributed by atoms with van der Waals surface area (Å²) in [6, 6.07) is 10.9. The van der Waals surface area contributed by atoms with Crippen LogP contribution in [0.15, 0.2) is 29.4 Å². The van der Waals surface area contributed by atoms with Crippen LogP contribution >= 0.6 is 11.8 Å². The van der Waals surface area contributed by atoms with E-state index >= 15 is 0 Å². The zero-order valence-corrected chi connectivity index (χ0v) is 21.2. The van der Waals surface area contributed by atoms with Crippen molar-refractivity contribution in [3.63, 3.8) is 0 Å². The van der Waals surface area contributed by atoms with E-state index < -0.39 is 0 Å². The van der Waals surface area contributed by atoms with Crippen molar-refractivity contribution in [2.75, 3.05) is 11.1 Å². The zero-order valence-electron chi connectivity index (χ0n) is 20.4. The van der Waals surface area contributed by atoms with E-state index in [2.05, 4.69) is 56.7 Å². The van der Waals surface area contributed by atoms with Gasteiger partial charge in [-0.3, -0.25) is 4.79 Å². The van der Waals surface area contributed by atoms with E-state index in [4.69, 9.17) is 0 Å². The molecule has 0 aliphatic heterocycles. The van der Waals surface area contributed by atoms with E-state index in [9.17, 15) is 10.1 Å². The number of nitrogens with zero attached hydrogens (tertiary/aromatic N) is 5. The number of carbonyl (C=O) groups excluding carboxylic acids is 1. The minimum absolute atomic E-state index is 0.138. The molecule has 178 valence electrons. The summed E-state index contributed by atoms with van der Waals surface area (Å²) in [5.41, 5.74) is 4.77. The minimum Gasteiger partial charge on any atom is -0.327 e. The highest BCUT2D eigenvalue weighted by Gasteiger charge is 2.27. The first-order valence-corrected chi connectivity index (χ1v) is 13.0. The first kappa shape index (κ1) is 24.1. The predicted octanol–water partition coefficient (Wildman–Crippen LogP) is 5.80. The van der Waals surface area contributed by atoms with Crippen molar-refractivity contribution in [2.45, 2.75) is 77.5 Å². The van der Waals surface area contributed by atoms with Crippen molar-refractivity contribution in [1.29, 1.82) is 5.26 Å². The number of aromatic nitrogens is 4. The van der Waals surface area contributed by atoms with Crippen LogP contribution in [0.2, 0.25) is 0 Å². The SMILES string of the molecule is CCCn1c(SCC(=O)Nc2c(C#N)c(C)c(C)n2C2CCCC2)nnc1-c1cccc(C)c1. The number of amides is 1. The number of nitriles is 1. The zero-order chi connectivity index (χ0) is 24.2. The molecule has 0 bridgehead atoms. The van der Waals surface area contributed by atoms with Crippen LogP contribution in [-0.4, -0.2) is 31.0 Å². The maximum absolute atomic E-state index is 13.0. The van der Waals surface area contributed by atoms with Crippen molar-refractivity contribution in [2.24, 2.45) is 0 Å².